The first-order valence-corrected chi connectivity index (χ1v) is 5.29. The molecule has 1 N–H and O–H groups in total. The van der Waals surface area contributed by atoms with Gasteiger partial charge < -0.3 is 14.5 Å². The number of carbonyl (C=O) groups excluding carboxylic acids is 2. The van der Waals surface area contributed by atoms with Crippen molar-refractivity contribution in [3.8, 4) is 0 Å². The lowest BCUT2D eigenvalue weighted by Gasteiger charge is -2.33. The zero-order valence-corrected chi connectivity index (χ0v) is 9.58. The van der Waals surface area contributed by atoms with Gasteiger partial charge in [-0.15, -0.1) is 0 Å². The number of rotatable bonds is 3. The Balaban J connectivity index is 2.57. The summed E-state index contributed by atoms with van der Waals surface area (Å²) in [6, 6.07) is -0.275. The smallest absolute Gasteiger partial charge is 0.312 e. The van der Waals surface area contributed by atoms with Crippen LogP contribution < -0.4 is 4.90 Å². The number of amides is 1. The van der Waals surface area contributed by atoms with Crippen LogP contribution in [0.15, 0.2) is 0 Å². The topological polar surface area (TPSA) is 51.1 Å². The summed E-state index contributed by atoms with van der Waals surface area (Å²) >= 11 is 0. The fourth-order valence-corrected chi connectivity index (χ4v) is 1.75. The molecule has 1 fully saturated rings. The fourth-order valence-electron chi connectivity index (χ4n) is 1.75. The van der Waals surface area contributed by atoms with Crippen molar-refractivity contribution in [2.75, 3.05) is 33.8 Å². The first kappa shape index (κ1) is 12.0. The number of quaternary nitrogens is 1. The molecule has 0 aliphatic carbocycles. The Hall–Kier alpha value is -1.10. The minimum Gasteiger partial charge on any atom is -0.466 e. The third-order valence-electron chi connectivity index (χ3n) is 2.79. The highest BCUT2D eigenvalue weighted by Gasteiger charge is 2.36. The molecule has 0 aromatic heterocycles. The predicted molar refractivity (Wildman–Crippen MR) is 54.4 cm³/mol. The summed E-state index contributed by atoms with van der Waals surface area (Å²) in [5.74, 6) is -0.252. The van der Waals surface area contributed by atoms with Crippen molar-refractivity contribution < 1.29 is 19.2 Å². The fraction of sp³-hybridized carbons (Fsp3) is 0.800. The number of carbonyl (C=O) groups is 2. The van der Waals surface area contributed by atoms with E-state index in [1.807, 2.05) is 7.05 Å². The van der Waals surface area contributed by atoms with Crippen LogP contribution in [0, 0.1) is 0 Å². The third kappa shape index (κ3) is 2.92. The van der Waals surface area contributed by atoms with Crippen molar-refractivity contribution in [2.24, 2.45) is 0 Å². The molecule has 0 spiro atoms. The Morgan fingerprint density at radius 3 is 2.93 bits per heavy atom. The zero-order valence-electron chi connectivity index (χ0n) is 9.58. The molecule has 15 heavy (non-hydrogen) atoms. The summed E-state index contributed by atoms with van der Waals surface area (Å²) < 4.78 is 4.85. The number of esters is 1. The summed E-state index contributed by atoms with van der Waals surface area (Å²) in [4.78, 5) is 25.8. The normalized spacial score (nSPS) is 26.6. The summed E-state index contributed by atoms with van der Waals surface area (Å²) in [7, 11) is 3.71. The van der Waals surface area contributed by atoms with E-state index in [1.165, 1.54) is 0 Å². The average Bonchev–Trinajstić information content (AvgIpc) is 2.19. The number of ether oxygens (including phenoxy) is 1. The first-order chi connectivity index (χ1) is 7.06. The molecule has 0 bridgehead atoms. The molecule has 86 valence electrons. The summed E-state index contributed by atoms with van der Waals surface area (Å²) in [5, 5.41) is 0. The monoisotopic (exact) mass is 215 g/mol. The van der Waals surface area contributed by atoms with E-state index >= 15 is 0 Å². The highest BCUT2D eigenvalue weighted by molar-refractivity contribution is 5.85. The van der Waals surface area contributed by atoms with E-state index < -0.39 is 0 Å². The van der Waals surface area contributed by atoms with Crippen LogP contribution in [0.3, 0.4) is 0 Å². The van der Waals surface area contributed by atoms with E-state index in [0.29, 0.717) is 6.61 Å². The van der Waals surface area contributed by atoms with Crippen LogP contribution >= 0.6 is 0 Å². The third-order valence-corrected chi connectivity index (χ3v) is 2.79. The highest BCUT2D eigenvalue weighted by atomic mass is 16.5. The summed E-state index contributed by atoms with van der Waals surface area (Å²) in [5.41, 5.74) is 0. The molecule has 1 aliphatic heterocycles. The van der Waals surface area contributed by atoms with E-state index in [2.05, 4.69) is 0 Å². The molecule has 0 aromatic carbocycles. The van der Waals surface area contributed by atoms with Gasteiger partial charge in [-0.25, -0.2) is 0 Å². The SMILES string of the molecule is CCOC(=O)C[C@@H]1C(=O)N(C)CC[NH+]1C. The molecule has 0 aromatic rings. The van der Waals surface area contributed by atoms with Gasteiger partial charge >= 0.3 is 5.97 Å². The van der Waals surface area contributed by atoms with Crippen LogP contribution in [0.4, 0.5) is 0 Å². The van der Waals surface area contributed by atoms with Crippen LogP contribution in [-0.4, -0.2) is 56.6 Å². The lowest BCUT2D eigenvalue weighted by molar-refractivity contribution is -0.899. The molecule has 1 rings (SSSR count). The number of nitrogens with one attached hydrogen (secondary N) is 1. The molecular formula is C10H19N2O3+. The van der Waals surface area contributed by atoms with Crippen LogP contribution in [0.5, 0.6) is 0 Å². The van der Waals surface area contributed by atoms with Gasteiger partial charge in [-0.05, 0) is 6.92 Å². The molecule has 1 saturated heterocycles. The molecule has 0 saturated carbocycles. The molecule has 2 atom stereocenters. The van der Waals surface area contributed by atoms with E-state index in [-0.39, 0.29) is 24.3 Å². The van der Waals surface area contributed by atoms with Crippen molar-refractivity contribution in [3.05, 3.63) is 0 Å². The maximum Gasteiger partial charge on any atom is 0.312 e. The molecule has 5 heteroatoms. The summed E-state index contributed by atoms with van der Waals surface area (Å²) in [6.45, 7) is 3.77. The van der Waals surface area contributed by atoms with Gasteiger partial charge in [0.15, 0.2) is 6.04 Å². The Morgan fingerprint density at radius 1 is 1.67 bits per heavy atom. The van der Waals surface area contributed by atoms with Gasteiger partial charge in [-0.1, -0.05) is 0 Å². The Kier molecular flexibility index (Phi) is 4.08. The van der Waals surface area contributed by atoms with E-state index in [1.54, 1.807) is 18.9 Å². The lowest BCUT2D eigenvalue weighted by Crippen LogP contribution is -3.16. The lowest BCUT2D eigenvalue weighted by atomic mass is 10.1. The second kappa shape index (κ2) is 5.11. The average molecular weight is 215 g/mol. The minimum atomic E-state index is -0.287. The molecule has 0 radical (unpaired) electrons. The molecule has 1 amide bonds. The van der Waals surface area contributed by atoms with Gasteiger partial charge in [0.25, 0.3) is 5.91 Å². The largest absolute Gasteiger partial charge is 0.466 e. The second-order valence-corrected chi connectivity index (χ2v) is 3.92. The standard InChI is InChI=1S/C10H18N2O3/c1-4-15-9(13)7-8-10(14)12(3)6-5-11(8)2/h8H,4-7H2,1-3H3/p+1/t8-/m1/s1. The number of piperazine rings is 1. The van der Waals surface area contributed by atoms with Crippen molar-refractivity contribution >= 4 is 11.9 Å². The van der Waals surface area contributed by atoms with Crippen LogP contribution in [0.25, 0.3) is 0 Å². The number of likely N-dealkylation sites (N-methyl/N-ethyl adjacent to an activating group) is 2. The van der Waals surface area contributed by atoms with E-state index in [9.17, 15) is 9.59 Å². The molecule has 5 nitrogen and oxygen atoms in total. The van der Waals surface area contributed by atoms with E-state index in [0.717, 1.165) is 18.0 Å². The maximum absolute atomic E-state index is 11.8. The van der Waals surface area contributed by atoms with Crippen molar-refractivity contribution in [3.63, 3.8) is 0 Å². The molecule has 1 aliphatic rings. The van der Waals surface area contributed by atoms with Crippen molar-refractivity contribution in [1.82, 2.24) is 4.90 Å². The van der Waals surface area contributed by atoms with Gasteiger partial charge in [0, 0.05) is 7.05 Å². The van der Waals surface area contributed by atoms with Crippen molar-refractivity contribution in [2.45, 2.75) is 19.4 Å². The highest BCUT2D eigenvalue weighted by Crippen LogP contribution is 2.00. The Labute approximate surface area is 90.0 Å². The predicted octanol–water partition coefficient (Wildman–Crippen LogP) is -1.71. The molecule has 1 unspecified atom stereocenters. The number of hydrogen-bond acceptors (Lipinski definition) is 3. The van der Waals surface area contributed by atoms with Crippen molar-refractivity contribution in [1.29, 1.82) is 0 Å². The zero-order chi connectivity index (χ0) is 11.4. The molecular weight excluding hydrogens is 196 g/mol. The van der Waals surface area contributed by atoms with Gasteiger partial charge in [-0.3, -0.25) is 9.59 Å². The van der Waals surface area contributed by atoms with Gasteiger partial charge in [-0.2, -0.15) is 0 Å². The second-order valence-electron chi connectivity index (χ2n) is 3.92. The first-order valence-electron chi connectivity index (χ1n) is 5.29. The van der Waals surface area contributed by atoms with Gasteiger partial charge in [0.05, 0.1) is 26.7 Å². The van der Waals surface area contributed by atoms with Gasteiger partial charge in [0.1, 0.15) is 6.42 Å². The Morgan fingerprint density at radius 2 is 2.33 bits per heavy atom. The maximum atomic E-state index is 11.8. The van der Waals surface area contributed by atoms with Crippen LogP contribution in [0.1, 0.15) is 13.3 Å². The summed E-state index contributed by atoms with van der Waals surface area (Å²) in [6.07, 6.45) is 0.183. The van der Waals surface area contributed by atoms with Crippen LogP contribution in [0.2, 0.25) is 0 Å². The molecule has 1 heterocycles. The number of hydrogen-bond donors (Lipinski definition) is 1. The Bertz CT molecular complexity index is 255. The quantitative estimate of drug-likeness (QED) is 0.571. The number of nitrogens with zero attached hydrogens (tertiary/aromatic N) is 1. The van der Waals surface area contributed by atoms with E-state index in [4.69, 9.17) is 4.74 Å². The van der Waals surface area contributed by atoms with Gasteiger partial charge in [0.2, 0.25) is 0 Å². The van der Waals surface area contributed by atoms with Crippen LogP contribution in [-0.2, 0) is 14.3 Å². The minimum absolute atomic E-state index is 0.0341.